The fourth-order valence-corrected chi connectivity index (χ4v) is 1.31. The summed E-state index contributed by atoms with van der Waals surface area (Å²) in [5.41, 5.74) is 0.594. The molecule has 0 aliphatic heterocycles. The molecule has 0 saturated carbocycles. The molecule has 0 amide bonds. The van der Waals surface area contributed by atoms with E-state index in [9.17, 15) is 9.90 Å². The molecular weight excluding hydrogens is 264 g/mol. The third-order valence-corrected chi connectivity index (χ3v) is 2.64. The van der Waals surface area contributed by atoms with Crippen molar-refractivity contribution in [3.05, 3.63) is 36.5 Å². The van der Waals surface area contributed by atoms with Crippen molar-refractivity contribution in [1.82, 2.24) is 0 Å². The standard InChI is InChI=1S/C10H18O.C8H14O2/c1-5-10(4,11)8-6-7-9(2)3;1-3-4-5-6-7-10-8(2)9/h5,7,11H,1,6,8H2,2-4H3;4-5H,3,6-7H2,1-2H3/b;5-4-. The summed E-state index contributed by atoms with van der Waals surface area (Å²) >= 11 is 0. The molecule has 0 heterocycles. The lowest BCUT2D eigenvalue weighted by molar-refractivity contribution is -0.140. The summed E-state index contributed by atoms with van der Waals surface area (Å²) in [6, 6.07) is 0. The SMILES string of the molecule is C=CC(C)(O)CCC=C(C)C.CC/C=C\CCOC(C)=O. The zero-order valence-corrected chi connectivity index (χ0v) is 14.3. The van der Waals surface area contributed by atoms with Crippen molar-refractivity contribution in [3.8, 4) is 0 Å². The minimum atomic E-state index is -0.702. The Labute approximate surface area is 130 Å². The highest BCUT2D eigenvalue weighted by atomic mass is 16.5. The van der Waals surface area contributed by atoms with Gasteiger partial charge in [0.05, 0.1) is 12.2 Å². The van der Waals surface area contributed by atoms with Crippen LogP contribution in [-0.2, 0) is 9.53 Å². The number of allylic oxidation sites excluding steroid dienone is 3. The first kappa shape index (κ1) is 21.9. The maximum absolute atomic E-state index is 10.2. The van der Waals surface area contributed by atoms with Gasteiger partial charge in [0.15, 0.2) is 0 Å². The summed E-state index contributed by atoms with van der Waals surface area (Å²) in [6.07, 6.45) is 11.3. The molecule has 0 aromatic carbocycles. The van der Waals surface area contributed by atoms with Gasteiger partial charge in [-0.2, -0.15) is 0 Å². The lowest BCUT2D eigenvalue weighted by atomic mass is 10.00. The van der Waals surface area contributed by atoms with Crippen molar-refractivity contribution >= 4 is 5.97 Å². The zero-order valence-electron chi connectivity index (χ0n) is 14.3. The van der Waals surface area contributed by atoms with E-state index in [1.807, 2.05) is 6.08 Å². The van der Waals surface area contributed by atoms with Crippen LogP contribution in [0.4, 0.5) is 0 Å². The molecule has 0 aromatic heterocycles. The maximum atomic E-state index is 10.2. The fraction of sp³-hybridized carbons (Fsp3) is 0.611. The number of hydrogen-bond acceptors (Lipinski definition) is 3. The molecular formula is C18H32O3. The Hall–Kier alpha value is -1.35. The van der Waals surface area contributed by atoms with Crippen LogP contribution in [0.2, 0.25) is 0 Å². The van der Waals surface area contributed by atoms with Gasteiger partial charge in [-0.15, -0.1) is 6.58 Å². The summed E-state index contributed by atoms with van der Waals surface area (Å²) in [5, 5.41) is 9.49. The second-order valence-electron chi connectivity index (χ2n) is 5.39. The van der Waals surface area contributed by atoms with Gasteiger partial charge in [-0.3, -0.25) is 4.79 Å². The van der Waals surface area contributed by atoms with E-state index in [1.165, 1.54) is 12.5 Å². The van der Waals surface area contributed by atoms with Gasteiger partial charge in [0, 0.05) is 6.92 Å². The van der Waals surface area contributed by atoms with Crippen LogP contribution >= 0.6 is 0 Å². The lowest BCUT2D eigenvalue weighted by Gasteiger charge is -2.16. The maximum Gasteiger partial charge on any atom is 0.302 e. The number of hydrogen-bond donors (Lipinski definition) is 1. The highest BCUT2D eigenvalue weighted by molar-refractivity contribution is 5.65. The van der Waals surface area contributed by atoms with Crippen LogP contribution in [-0.4, -0.2) is 23.3 Å². The monoisotopic (exact) mass is 296 g/mol. The molecule has 0 radical (unpaired) electrons. The smallest absolute Gasteiger partial charge is 0.302 e. The van der Waals surface area contributed by atoms with Gasteiger partial charge in [-0.25, -0.2) is 0 Å². The van der Waals surface area contributed by atoms with Gasteiger partial charge >= 0.3 is 5.97 Å². The molecule has 0 rings (SSSR count). The predicted molar refractivity (Wildman–Crippen MR) is 90.2 cm³/mol. The quantitative estimate of drug-likeness (QED) is 0.405. The molecule has 0 fully saturated rings. The first-order chi connectivity index (χ1) is 9.75. The first-order valence-corrected chi connectivity index (χ1v) is 7.52. The van der Waals surface area contributed by atoms with E-state index in [0.717, 1.165) is 25.7 Å². The van der Waals surface area contributed by atoms with E-state index in [-0.39, 0.29) is 5.97 Å². The highest BCUT2D eigenvalue weighted by Gasteiger charge is 2.12. The van der Waals surface area contributed by atoms with Crippen molar-refractivity contribution in [2.75, 3.05) is 6.61 Å². The van der Waals surface area contributed by atoms with Gasteiger partial charge in [0.25, 0.3) is 0 Å². The Morgan fingerprint density at radius 2 is 1.86 bits per heavy atom. The summed E-state index contributed by atoms with van der Waals surface area (Å²) in [5.74, 6) is -0.204. The number of carbonyl (C=O) groups excluding carboxylic acids is 1. The van der Waals surface area contributed by atoms with Crippen LogP contribution < -0.4 is 0 Å². The van der Waals surface area contributed by atoms with Crippen LogP contribution in [0.5, 0.6) is 0 Å². The van der Waals surface area contributed by atoms with Crippen molar-refractivity contribution in [2.45, 2.75) is 65.9 Å². The number of aliphatic hydroxyl groups is 1. The first-order valence-electron chi connectivity index (χ1n) is 7.52. The number of carbonyl (C=O) groups is 1. The molecule has 122 valence electrons. The normalized spacial score (nSPS) is 12.9. The van der Waals surface area contributed by atoms with Crippen molar-refractivity contribution in [2.24, 2.45) is 0 Å². The summed E-state index contributed by atoms with van der Waals surface area (Å²) in [7, 11) is 0. The fourth-order valence-electron chi connectivity index (χ4n) is 1.31. The molecule has 0 spiro atoms. The third kappa shape index (κ3) is 21.1. The minimum absolute atomic E-state index is 0.204. The van der Waals surface area contributed by atoms with E-state index >= 15 is 0 Å². The minimum Gasteiger partial charge on any atom is -0.466 e. The van der Waals surface area contributed by atoms with Crippen LogP contribution in [0.3, 0.4) is 0 Å². The van der Waals surface area contributed by atoms with Crippen molar-refractivity contribution in [1.29, 1.82) is 0 Å². The molecule has 3 nitrogen and oxygen atoms in total. The van der Waals surface area contributed by atoms with E-state index in [2.05, 4.69) is 39.5 Å². The van der Waals surface area contributed by atoms with E-state index in [1.54, 1.807) is 13.0 Å². The second kappa shape index (κ2) is 13.6. The summed E-state index contributed by atoms with van der Waals surface area (Å²) in [6.45, 7) is 13.5. The van der Waals surface area contributed by atoms with Crippen molar-refractivity contribution < 1.29 is 14.6 Å². The predicted octanol–water partition coefficient (Wildman–Crippen LogP) is 4.58. The van der Waals surface area contributed by atoms with E-state index in [0.29, 0.717) is 6.61 Å². The summed E-state index contributed by atoms with van der Waals surface area (Å²) < 4.78 is 4.70. The number of esters is 1. The molecule has 1 unspecified atom stereocenters. The molecule has 1 atom stereocenters. The second-order valence-corrected chi connectivity index (χ2v) is 5.39. The van der Waals surface area contributed by atoms with Crippen LogP contribution in [0.1, 0.15) is 60.3 Å². The van der Waals surface area contributed by atoms with E-state index in [4.69, 9.17) is 4.74 Å². The average Bonchev–Trinajstić information content (AvgIpc) is 2.38. The van der Waals surface area contributed by atoms with Gasteiger partial charge in [0.1, 0.15) is 0 Å². The molecule has 0 saturated heterocycles. The molecule has 1 N–H and O–H groups in total. The Morgan fingerprint density at radius 1 is 1.24 bits per heavy atom. The van der Waals surface area contributed by atoms with Crippen LogP contribution in [0.15, 0.2) is 36.5 Å². The molecule has 0 bridgehead atoms. The van der Waals surface area contributed by atoms with Gasteiger partial charge < -0.3 is 9.84 Å². The Morgan fingerprint density at radius 3 is 2.29 bits per heavy atom. The van der Waals surface area contributed by atoms with Crippen molar-refractivity contribution in [3.63, 3.8) is 0 Å². The zero-order chi connectivity index (χ0) is 16.7. The topological polar surface area (TPSA) is 46.5 Å². The van der Waals surface area contributed by atoms with E-state index < -0.39 is 5.60 Å². The number of rotatable bonds is 8. The Bertz CT molecular complexity index is 334. The Kier molecular flexibility index (Phi) is 14.2. The number of ether oxygens (including phenoxy) is 1. The molecule has 0 aliphatic rings. The highest BCUT2D eigenvalue weighted by Crippen LogP contribution is 2.13. The average molecular weight is 296 g/mol. The van der Waals surface area contributed by atoms with Crippen LogP contribution in [0, 0.1) is 0 Å². The summed E-state index contributed by atoms with van der Waals surface area (Å²) in [4.78, 5) is 10.2. The largest absolute Gasteiger partial charge is 0.466 e. The lowest BCUT2D eigenvalue weighted by Crippen LogP contribution is -2.19. The molecule has 3 heteroatoms. The third-order valence-electron chi connectivity index (χ3n) is 2.64. The van der Waals surface area contributed by atoms with Gasteiger partial charge in [0.2, 0.25) is 0 Å². The molecule has 0 aromatic rings. The molecule has 0 aliphatic carbocycles. The molecule has 21 heavy (non-hydrogen) atoms. The Balaban J connectivity index is 0. The van der Waals surface area contributed by atoms with Crippen LogP contribution in [0.25, 0.3) is 0 Å². The van der Waals surface area contributed by atoms with Gasteiger partial charge in [-0.05, 0) is 46.5 Å². The van der Waals surface area contributed by atoms with Gasteiger partial charge in [-0.1, -0.05) is 36.8 Å².